The van der Waals surface area contributed by atoms with Crippen molar-refractivity contribution in [3.8, 4) is 0 Å². The topological polar surface area (TPSA) is 93.1 Å². The minimum absolute atomic E-state index is 0.111. The average molecular weight is 748 g/mol. The summed E-state index contributed by atoms with van der Waals surface area (Å²) in [5.74, 6) is 2.44. The van der Waals surface area contributed by atoms with E-state index < -0.39 is 17.4 Å². The summed E-state index contributed by atoms with van der Waals surface area (Å²) in [6.07, 6.45) is 17.1. The minimum Gasteiger partial charge on any atom is -0.481 e. The molecular formula is C47H73NO6. The van der Waals surface area contributed by atoms with Crippen LogP contribution in [0.25, 0.3) is 0 Å². The number of carboxylic acid groups (broad SMARTS) is 1. The average Bonchev–Trinajstić information content (AvgIpc) is 3.71. The van der Waals surface area contributed by atoms with Crippen LogP contribution >= 0.6 is 0 Å². The van der Waals surface area contributed by atoms with Gasteiger partial charge in [0.2, 0.25) is 0 Å². The molecule has 7 rings (SSSR count). The molecule has 302 valence electrons. The van der Waals surface area contributed by atoms with E-state index in [9.17, 15) is 19.5 Å². The van der Waals surface area contributed by atoms with Crippen molar-refractivity contribution in [2.45, 2.75) is 145 Å². The molecule has 1 heterocycles. The highest BCUT2D eigenvalue weighted by atomic mass is 16.5. The lowest BCUT2D eigenvalue weighted by atomic mass is 9.32. The van der Waals surface area contributed by atoms with Gasteiger partial charge >= 0.3 is 11.9 Å². The highest BCUT2D eigenvalue weighted by molar-refractivity contribution is 5.86. The Balaban J connectivity index is 1.09. The molecule has 0 aromatic heterocycles. The summed E-state index contributed by atoms with van der Waals surface area (Å²) in [5.41, 5.74) is 0.189. The van der Waals surface area contributed by atoms with E-state index in [1.54, 1.807) is 13.8 Å². The molecule has 0 amide bonds. The fraction of sp³-hybridized carbons (Fsp3) is 0.851. The van der Waals surface area contributed by atoms with Gasteiger partial charge in [0, 0.05) is 36.9 Å². The monoisotopic (exact) mass is 748 g/mol. The van der Waals surface area contributed by atoms with Gasteiger partial charge in [-0.25, -0.2) is 0 Å². The maximum absolute atomic E-state index is 14.9. The van der Waals surface area contributed by atoms with E-state index in [0.717, 1.165) is 84.2 Å². The third-order valence-corrected chi connectivity index (χ3v) is 18.3. The molecule has 0 aromatic carbocycles. The molecule has 1 unspecified atom stereocenters. The standard InChI is InChI=1S/C47H73NO6/c1-30(2)33-14-19-47(37(49)27-31-10-11-32(26-31)29-48-22-24-53-25-23-48)21-20-45(8)34(40(33)47)12-13-36-44(7)17-16-38(54-39(50)28-42(3,4)41(51)52)43(5,6)35(44)15-18-46(36,45)9/h10-11,31-36,38,40H,1,12-29H2,2-9H3,(H,51,52)/t31-,32?,33+,34-,35+,36-,38+,40-,44+,45-,46-,47-/m1/s1. The lowest BCUT2D eigenvalue weighted by Crippen LogP contribution is -2.67. The molecule has 0 bridgehead atoms. The van der Waals surface area contributed by atoms with E-state index >= 15 is 0 Å². The number of esters is 1. The fourth-order valence-electron chi connectivity index (χ4n) is 15.1. The van der Waals surface area contributed by atoms with Crippen LogP contribution in [0, 0.1) is 73.9 Å². The predicted octanol–water partition coefficient (Wildman–Crippen LogP) is 9.54. The number of allylic oxidation sites excluding steroid dienone is 2. The molecule has 1 saturated heterocycles. The lowest BCUT2D eigenvalue weighted by molar-refractivity contribution is -0.249. The second-order valence-electron chi connectivity index (χ2n) is 21.7. The van der Waals surface area contributed by atoms with E-state index in [2.05, 4.69) is 65.2 Å². The van der Waals surface area contributed by atoms with E-state index in [-0.39, 0.29) is 39.6 Å². The zero-order chi connectivity index (χ0) is 39.1. The van der Waals surface area contributed by atoms with E-state index in [0.29, 0.717) is 53.6 Å². The molecular weight excluding hydrogens is 675 g/mol. The molecule has 54 heavy (non-hydrogen) atoms. The number of aliphatic carboxylic acids is 1. The number of Topliss-reactive ketones (excluding diaryl/α,β-unsaturated/α-hetero) is 1. The molecule has 1 N–H and O–H groups in total. The van der Waals surface area contributed by atoms with E-state index in [1.165, 1.54) is 24.8 Å². The molecule has 7 heteroatoms. The summed E-state index contributed by atoms with van der Waals surface area (Å²) < 4.78 is 11.8. The number of carboxylic acids is 1. The molecule has 5 saturated carbocycles. The van der Waals surface area contributed by atoms with Gasteiger partial charge in [0.15, 0.2) is 0 Å². The first-order valence-electron chi connectivity index (χ1n) is 21.9. The molecule has 6 aliphatic carbocycles. The quantitative estimate of drug-likeness (QED) is 0.176. The Morgan fingerprint density at radius 3 is 2.26 bits per heavy atom. The summed E-state index contributed by atoms with van der Waals surface area (Å²) in [4.78, 5) is 42.4. The zero-order valence-corrected chi connectivity index (χ0v) is 35.1. The first-order valence-corrected chi connectivity index (χ1v) is 21.9. The number of hydrogen-bond donors (Lipinski definition) is 1. The van der Waals surface area contributed by atoms with Gasteiger partial charge in [-0.2, -0.15) is 0 Å². The van der Waals surface area contributed by atoms with Crippen LogP contribution in [0.15, 0.2) is 24.3 Å². The van der Waals surface area contributed by atoms with Crippen LogP contribution in [0.4, 0.5) is 0 Å². The largest absolute Gasteiger partial charge is 0.481 e. The van der Waals surface area contributed by atoms with Crippen LogP contribution in [0.3, 0.4) is 0 Å². The number of ketones is 1. The summed E-state index contributed by atoms with van der Waals surface area (Å²) in [7, 11) is 0. The normalized spacial score (nSPS) is 44.4. The number of ether oxygens (including phenoxy) is 2. The SMILES string of the molecule is C=C(C)[C@@H]1CC[C@]2(C(=O)C[C@@H]3C=CC(CN4CCOCC4)C3)CC[C@]3(C)[C@H](CC[C@@H]4[C@@]5(C)CC[C@H](OC(=O)CC(C)(C)C(=O)O)C(C)(C)[C@@H]5CC[C@]43C)[C@@H]12. The Morgan fingerprint density at radius 1 is 0.870 bits per heavy atom. The molecule has 0 spiro atoms. The van der Waals surface area contributed by atoms with Crippen molar-refractivity contribution in [1.29, 1.82) is 0 Å². The summed E-state index contributed by atoms with van der Waals surface area (Å²) >= 11 is 0. The highest BCUT2D eigenvalue weighted by Gasteiger charge is 2.72. The van der Waals surface area contributed by atoms with Crippen molar-refractivity contribution < 1.29 is 29.0 Å². The van der Waals surface area contributed by atoms with Crippen molar-refractivity contribution in [3.63, 3.8) is 0 Å². The highest BCUT2D eigenvalue weighted by Crippen LogP contribution is 2.78. The maximum atomic E-state index is 14.9. The lowest BCUT2D eigenvalue weighted by Gasteiger charge is -2.73. The van der Waals surface area contributed by atoms with Gasteiger partial charge in [-0.3, -0.25) is 19.3 Å². The molecule has 7 nitrogen and oxygen atoms in total. The molecule has 1 aliphatic heterocycles. The number of carbonyl (C=O) groups is 3. The zero-order valence-electron chi connectivity index (χ0n) is 35.1. The third-order valence-electron chi connectivity index (χ3n) is 18.3. The Morgan fingerprint density at radius 2 is 1.57 bits per heavy atom. The number of carbonyl (C=O) groups excluding carboxylic acids is 2. The Kier molecular flexibility index (Phi) is 10.5. The Labute approximate surface area is 326 Å². The van der Waals surface area contributed by atoms with Crippen LogP contribution in [0.5, 0.6) is 0 Å². The van der Waals surface area contributed by atoms with Crippen molar-refractivity contribution in [1.82, 2.24) is 4.90 Å². The number of hydrogen-bond acceptors (Lipinski definition) is 6. The number of rotatable bonds is 10. The van der Waals surface area contributed by atoms with Crippen LogP contribution < -0.4 is 0 Å². The maximum Gasteiger partial charge on any atom is 0.309 e. The second kappa shape index (κ2) is 14.1. The molecule has 0 radical (unpaired) electrons. The van der Waals surface area contributed by atoms with Crippen LogP contribution in [-0.2, 0) is 23.9 Å². The van der Waals surface area contributed by atoms with Crippen molar-refractivity contribution in [2.75, 3.05) is 32.8 Å². The number of nitrogens with zero attached hydrogens (tertiary/aromatic N) is 1. The van der Waals surface area contributed by atoms with Gasteiger partial charge in [0.1, 0.15) is 11.9 Å². The van der Waals surface area contributed by atoms with Gasteiger partial charge in [-0.15, -0.1) is 0 Å². The van der Waals surface area contributed by atoms with Gasteiger partial charge in [-0.05, 0) is 149 Å². The van der Waals surface area contributed by atoms with Crippen LogP contribution in [0.2, 0.25) is 0 Å². The van der Waals surface area contributed by atoms with Crippen LogP contribution in [0.1, 0.15) is 139 Å². The molecule has 7 aliphatic rings. The smallest absolute Gasteiger partial charge is 0.309 e. The number of fused-ring (bicyclic) bond motifs is 7. The molecule has 0 aromatic rings. The van der Waals surface area contributed by atoms with Crippen molar-refractivity contribution >= 4 is 17.7 Å². The molecule has 12 atom stereocenters. The summed E-state index contributed by atoms with van der Waals surface area (Å²) in [6, 6.07) is 0. The van der Waals surface area contributed by atoms with Gasteiger partial charge in [0.25, 0.3) is 0 Å². The first kappa shape index (κ1) is 40.2. The number of morpholine rings is 1. The third kappa shape index (κ3) is 6.40. The fourth-order valence-corrected chi connectivity index (χ4v) is 15.1. The molecule has 6 fully saturated rings. The van der Waals surface area contributed by atoms with Gasteiger partial charge < -0.3 is 14.6 Å². The van der Waals surface area contributed by atoms with Crippen LogP contribution in [-0.4, -0.2) is 66.7 Å². The van der Waals surface area contributed by atoms with Crippen molar-refractivity contribution in [3.05, 3.63) is 24.3 Å². The van der Waals surface area contributed by atoms with E-state index in [1.807, 2.05) is 0 Å². The first-order chi connectivity index (χ1) is 25.3. The van der Waals surface area contributed by atoms with Gasteiger partial charge in [-0.1, -0.05) is 58.9 Å². The minimum atomic E-state index is -1.14. The Bertz CT molecular complexity index is 1530. The summed E-state index contributed by atoms with van der Waals surface area (Å²) in [5, 5.41) is 9.63. The second-order valence-corrected chi connectivity index (χ2v) is 21.7. The predicted molar refractivity (Wildman–Crippen MR) is 213 cm³/mol. The Hall–Kier alpha value is -1.99. The summed E-state index contributed by atoms with van der Waals surface area (Å²) in [6.45, 7) is 27.3. The van der Waals surface area contributed by atoms with Gasteiger partial charge in [0.05, 0.1) is 25.0 Å². The van der Waals surface area contributed by atoms with E-state index in [4.69, 9.17) is 9.47 Å². The van der Waals surface area contributed by atoms with Crippen molar-refractivity contribution in [2.24, 2.45) is 73.9 Å².